The molecule has 6 heteroatoms. The number of nitrogens with zero attached hydrogens (tertiary/aromatic N) is 3. The van der Waals surface area contributed by atoms with Crippen molar-refractivity contribution in [2.24, 2.45) is 0 Å². The first kappa shape index (κ1) is 17.9. The van der Waals surface area contributed by atoms with Gasteiger partial charge in [0, 0.05) is 26.3 Å². The number of ether oxygens (including phenoxy) is 1. The Balaban J connectivity index is 1.96. The zero-order valence-corrected chi connectivity index (χ0v) is 14.9. The number of carbonyl (C=O) groups is 1. The summed E-state index contributed by atoms with van der Waals surface area (Å²) in [4.78, 5) is 14.8. The van der Waals surface area contributed by atoms with E-state index in [1.807, 2.05) is 18.5 Å². The number of rotatable bonds is 7. The zero-order valence-electron chi connectivity index (χ0n) is 14.9. The van der Waals surface area contributed by atoms with Gasteiger partial charge in [0.05, 0.1) is 23.6 Å². The van der Waals surface area contributed by atoms with Gasteiger partial charge in [0.25, 0.3) is 0 Å². The normalized spacial score (nSPS) is 19.0. The minimum Gasteiger partial charge on any atom is -0.385 e. The number of amides is 1. The minimum absolute atomic E-state index is 0.0520. The summed E-state index contributed by atoms with van der Waals surface area (Å²) in [5.41, 5.74) is 2.77. The molecule has 0 bridgehead atoms. The molecule has 0 unspecified atom stereocenters. The molecule has 0 aromatic carbocycles. The van der Waals surface area contributed by atoms with Gasteiger partial charge >= 0.3 is 0 Å². The SMILES string of the molecule is CCn1nc(C)c(NC(=O)CN2CCCC[C@H]2CCOC)c1C. The van der Waals surface area contributed by atoms with Crippen LogP contribution >= 0.6 is 0 Å². The van der Waals surface area contributed by atoms with E-state index in [0.717, 1.165) is 49.6 Å². The average Bonchev–Trinajstić information content (AvgIpc) is 2.81. The summed E-state index contributed by atoms with van der Waals surface area (Å²) in [6.07, 6.45) is 4.56. The second-order valence-electron chi connectivity index (χ2n) is 6.31. The van der Waals surface area contributed by atoms with Crippen LogP contribution in [0.3, 0.4) is 0 Å². The van der Waals surface area contributed by atoms with E-state index in [2.05, 4.69) is 22.2 Å². The molecule has 23 heavy (non-hydrogen) atoms. The number of aromatic nitrogens is 2. The molecule has 6 nitrogen and oxygen atoms in total. The van der Waals surface area contributed by atoms with Gasteiger partial charge in [-0.05, 0) is 46.6 Å². The van der Waals surface area contributed by atoms with E-state index >= 15 is 0 Å². The molecular formula is C17H30N4O2. The second-order valence-corrected chi connectivity index (χ2v) is 6.31. The van der Waals surface area contributed by atoms with Gasteiger partial charge in [0.1, 0.15) is 0 Å². The highest BCUT2D eigenvalue weighted by Gasteiger charge is 2.24. The molecule has 1 fully saturated rings. The van der Waals surface area contributed by atoms with Gasteiger partial charge in [-0.3, -0.25) is 14.4 Å². The molecule has 1 aromatic heterocycles. The van der Waals surface area contributed by atoms with Crippen LogP contribution in [0.15, 0.2) is 0 Å². The molecule has 1 saturated heterocycles. The topological polar surface area (TPSA) is 59.4 Å². The first-order valence-corrected chi connectivity index (χ1v) is 8.63. The fraction of sp³-hybridized carbons (Fsp3) is 0.765. The van der Waals surface area contributed by atoms with Gasteiger partial charge in [0.15, 0.2) is 0 Å². The first-order chi connectivity index (χ1) is 11.1. The summed E-state index contributed by atoms with van der Waals surface area (Å²) >= 11 is 0. The van der Waals surface area contributed by atoms with Crippen LogP contribution in [0.5, 0.6) is 0 Å². The molecule has 0 spiro atoms. The van der Waals surface area contributed by atoms with Crippen molar-refractivity contribution in [3.8, 4) is 0 Å². The molecule has 1 N–H and O–H groups in total. The van der Waals surface area contributed by atoms with Crippen molar-refractivity contribution in [3.05, 3.63) is 11.4 Å². The number of likely N-dealkylation sites (tertiary alicyclic amines) is 1. The molecule has 1 amide bonds. The van der Waals surface area contributed by atoms with Crippen LogP contribution in [0.1, 0.15) is 44.0 Å². The fourth-order valence-electron chi connectivity index (χ4n) is 3.40. The Kier molecular flexibility index (Phi) is 6.59. The summed E-state index contributed by atoms with van der Waals surface area (Å²) in [6, 6.07) is 0.454. The predicted octanol–water partition coefficient (Wildman–Crippen LogP) is 2.35. The minimum atomic E-state index is 0.0520. The Labute approximate surface area is 139 Å². The van der Waals surface area contributed by atoms with E-state index in [4.69, 9.17) is 4.74 Å². The predicted molar refractivity (Wildman–Crippen MR) is 91.7 cm³/mol. The molecule has 1 atom stereocenters. The zero-order chi connectivity index (χ0) is 16.8. The van der Waals surface area contributed by atoms with E-state index in [-0.39, 0.29) is 5.91 Å². The lowest BCUT2D eigenvalue weighted by atomic mass is 9.99. The molecule has 0 radical (unpaired) electrons. The van der Waals surface area contributed by atoms with Crippen molar-refractivity contribution < 1.29 is 9.53 Å². The summed E-state index contributed by atoms with van der Waals surface area (Å²) in [5.74, 6) is 0.0520. The number of anilines is 1. The van der Waals surface area contributed by atoms with Gasteiger partial charge in [-0.1, -0.05) is 6.42 Å². The third-order valence-corrected chi connectivity index (χ3v) is 4.70. The van der Waals surface area contributed by atoms with Crippen LogP contribution in [-0.2, 0) is 16.1 Å². The van der Waals surface area contributed by atoms with E-state index in [1.54, 1.807) is 7.11 Å². The van der Waals surface area contributed by atoms with Gasteiger partial charge in [-0.15, -0.1) is 0 Å². The maximum absolute atomic E-state index is 12.5. The number of aryl methyl sites for hydroxylation is 2. The maximum Gasteiger partial charge on any atom is 0.238 e. The number of carbonyl (C=O) groups excluding carboxylic acids is 1. The summed E-state index contributed by atoms with van der Waals surface area (Å²) in [7, 11) is 1.73. The van der Waals surface area contributed by atoms with Crippen LogP contribution in [0, 0.1) is 13.8 Å². The smallest absolute Gasteiger partial charge is 0.238 e. The lowest BCUT2D eigenvalue weighted by Gasteiger charge is -2.35. The lowest BCUT2D eigenvalue weighted by molar-refractivity contribution is -0.118. The Bertz CT molecular complexity index is 527. The van der Waals surface area contributed by atoms with Crippen molar-refractivity contribution in [3.63, 3.8) is 0 Å². The van der Waals surface area contributed by atoms with E-state index in [1.165, 1.54) is 12.8 Å². The van der Waals surface area contributed by atoms with E-state index in [0.29, 0.717) is 12.6 Å². The summed E-state index contributed by atoms with van der Waals surface area (Å²) in [6.45, 7) is 9.01. The van der Waals surface area contributed by atoms with Crippen LogP contribution in [-0.4, -0.2) is 53.4 Å². The van der Waals surface area contributed by atoms with Crippen LogP contribution < -0.4 is 5.32 Å². The van der Waals surface area contributed by atoms with Crippen LogP contribution in [0.25, 0.3) is 0 Å². The maximum atomic E-state index is 12.5. The number of hydrogen-bond donors (Lipinski definition) is 1. The van der Waals surface area contributed by atoms with Crippen molar-refractivity contribution in [1.82, 2.24) is 14.7 Å². The van der Waals surface area contributed by atoms with Crippen molar-refractivity contribution >= 4 is 11.6 Å². The molecule has 0 saturated carbocycles. The van der Waals surface area contributed by atoms with Gasteiger partial charge < -0.3 is 10.1 Å². The summed E-state index contributed by atoms with van der Waals surface area (Å²) in [5, 5.41) is 7.52. The van der Waals surface area contributed by atoms with E-state index < -0.39 is 0 Å². The second kappa shape index (κ2) is 8.45. The molecule has 0 aliphatic carbocycles. The Hall–Kier alpha value is -1.40. The largest absolute Gasteiger partial charge is 0.385 e. The third-order valence-electron chi connectivity index (χ3n) is 4.70. The van der Waals surface area contributed by atoms with Crippen molar-refractivity contribution in [2.75, 3.05) is 32.1 Å². The fourth-order valence-corrected chi connectivity index (χ4v) is 3.40. The van der Waals surface area contributed by atoms with E-state index in [9.17, 15) is 4.79 Å². The lowest BCUT2D eigenvalue weighted by Crippen LogP contribution is -2.44. The summed E-state index contributed by atoms with van der Waals surface area (Å²) < 4.78 is 7.13. The van der Waals surface area contributed by atoms with Gasteiger partial charge in [0.2, 0.25) is 5.91 Å². The van der Waals surface area contributed by atoms with Crippen LogP contribution in [0.4, 0.5) is 5.69 Å². The highest BCUT2D eigenvalue weighted by Crippen LogP contribution is 2.21. The average molecular weight is 322 g/mol. The number of methoxy groups -OCH3 is 1. The standard InChI is InChI=1S/C17H30N4O2/c1-5-21-14(3)17(13(2)19-21)18-16(22)12-20-10-7-6-8-15(20)9-11-23-4/h15H,5-12H2,1-4H3,(H,18,22)/t15-/m0/s1. The number of nitrogens with one attached hydrogen (secondary N) is 1. The Morgan fingerprint density at radius 1 is 1.39 bits per heavy atom. The molecular weight excluding hydrogens is 292 g/mol. The molecule has 130 valence electrons. The Morgan fingerprint density at radius 3 is 2.83 bits per heavy atom. The van der Waals surface area contributed by atoms with Gasteiger partial charge in [-0.25, -0.2) is 0 Å². The van der Waals surface area contributed by atoms with Crippen LogP contribution in [0.2, 0.25) is 0 Å². The number of piperidine rings is 1. The molecule has 2 heterocycles. The molecule has 1 aliphatic heterocycles. The molecule has 1 aromatic rings. The van der Waals surface area contributed by atoms with Gasteiger partial charge in [-0.2, -0.15) is 5.10 Å². The van der Waals surface area contributed by atoms with Crippen molar-refractivity contribution in [2.45, 2.75) is 59.0 Å². The molecule has 1 aliphatic rings. The Morgan fingerprint density at radius 2 is 2.17 bits per heavy atom. The quantitative estimate of drug-likeness (QED) is 0.837. The molecule has 2 rings (SSSR count). The first-order valence-electron chi connectivity index (χ1n) is 8.63. The highest BCUT2D eigenvalue weighted by molar-refractivity contribution is 5.93. The highest BCUT2D eigenvalue weighted by atomic mass is 16.5. The third kappa shape index (κ3) is 4.54. The monoisotopic (exact) mass is 322 g/mol. The van der Waals surface area contributed by atoms with Crippen molar-refractivity contribution in [1.29, 1.82) is 0 Å². The number of hydrogen-bond acceptors (Lipinski definition) is 4.